The first-order chi connectivity index (χ1) is 11.1. The minimum absolute atomic E-state index is 0.0728. The molecule has 5 nitrogen and oxygen atoms in total. The van der Waals surface area contributed by atoms with E-state index in [-0.39, 0.29) is 11.9 Å². The number of nitrogens with two attached hydrogens (primary N) is 1. The van der Waals surface area contributed by atoms with E-state index in [1.807, 2.05) is 0 Å². The molecule has 2 saturated heterocycles. The fourth-order valence-electron chi connectivity index (χ4n) is 3.40. The molecule has 3 N–H and O–H groups in total. The Morgan fingerprint density at radius 3 is 2.57 bits per heavy atom. The first-order valence-electron chi connectivity index (χ1n) is 8.31. The second-order valence-corrected chi connectivity index (χ2v) is 6.77. The van der Waals surface area contributed by atoms with Gasteiger partial charge in [0.05, 0.1) is 10.7 Å². The second kappa shape index (κ2) is 7.51. The molecule has 126 valence electrons. The number of amides is 1. The number of rotatable bonds is 3. The van der Waals surface area contributed by atoms with Crippen molar-refractivity contribution < 1.29 is 9.53 Å². The molecule has 1 aromatic rings. The summed E-state index contributed by atoms with van der Waals surface area (Å²) in [6.45, 7) is 3.83. The van der Waals surface area contributed by atoms with Crippen LogP contribution in [0.15, 0.2) is 18.2 Å². The van der Waals surface area contributed by atoms with Crippen LogP contribution >= 0.6 is 11.6 Å². The van der Waals surface area contributed by atoms with Gasteiger partial charge in [-0.3, -0.25) is 4.79 Å². The first-order valence-corrected chi connectivity index (χ1v) is 8.69. The van der Waals surface area contributed by atoms with Crippen molar-refractivity contribution in [2.75, 3.05) is 32.0 Å². The molecule has 1 amide bonds. The van der Waals surface area contributed by atoms with Crippen LogP contribution in [-0.2, 0) is 4.74 Å². The molecule has 0 bridgehead atoms. The van der Waals surface area contributed by atoms with E-state index in [9.17, 15) is 4.79 Å². The summed E-state index contributed by atoms with van der Waals surface area (Å²) >= 11 is 5.98. The van der Waals surface area contributed by atoms with Crippen LogP contribution in [0.1, 0.15) is 36.0 Å². The Bertz CT molecular complexity index is 553. The van der Waals surface area contributed by atoms with Gasteiger partial charge in [-0.25, -0.2) is 0 Å². The summed E-state index contributed by atoms with van der Waals surface area (Å²) in [6, 6.07) is 5.90. The molecule has 0 unspecified atom stereocenters. The summed E-state index contributed by atoms with van der Waals surface area (Å²) in [4.78, 5) is 14.9. The highest BCUT2D eigenvalue weighted by molar-refractivity contribution is 6.33. The molecule has 1 aromatic carbocycles. The maximum absolute atomic E-state index is 12.3. The third kappa shape index (κ3) is 4.16. The van der Waals surface area contributed by atoms with E-state index in [0.717, 1.165) is 52.0 Å². The van der Waals surface area contributed by atoms with Gasteiger partial charge < -0.3 is 20.7 Å². The average Bonchev–Trinajstić information content (AvgIpc) is 2.59. The highest BCUT2D eigenvalue weighted by atomic mass is 35.5. The number of carbonyl (C=O) groups is 1. The lowest BCUT2D eigenvalue weighted by Crippen LogP contribution is -2.49. The van der Waals surface area contributed by atoms with Gasteiger partial charge in [-0.1, -0.05) is 11.6 Å². The quantitative estimate of drug-likeness (QED) is 0.830. The van der Waals surface area contributed by atoms with Crippen molar-refractivity contribution >= 4 is 23.2 Å². The molecule has 0 spiro atoms. The number of piperidine rings is 1. The predicted molar refractivity (Wildman–Crippen MR) is 91.8 cm³/mol. The van der Waals surface area contributed by atoms with Gasteiger partial charge >= 0.3 is 0 Å². The van der Waals surface area contributed by atoms with Gasteiger partial charge in [-0.15, -0.1) is 0 Å². The number of hydrogen-bond acceptors (Lipinski definition) is 4. The minimum atomic E-state index is -0.0728. The molecular weight excluding hydrogens is 314 g/mol. The zero-order valence-electron chi connectivity index (χ0n) is 13.3. The minimum Gasteiger partial charge on any atom is -0.398 e. The number of halogens is 1. The maximum atomic E-state index is 12.3. The molecule has 0 aromatic heterocycles. The van der Waals surface area contributed by atoms with E-state index < -0.39 is 0 Å². The SMILES string of the molecule is Nc1ccc(C(=O)NC2CCN(C3CCOCC3)CC2)cc1Cl. The Morgan fingerprint density at radius 2 is 1.91 bits per heavy atom. The Hall–Kier alpha value is -1.30. The van der Waals surface area contributed by atoms with Crippen LogP contribution in [0.2, 0.25) is 5.02 Å². The van der Waals surface area contributed by atoms with Gasteiger partial charge in [-0.05, 0) is 43.9 Å². The number of nitrogens with one attached hydrogen (secondary N) is 1. The number of nitrogen functional groups attached to an aromatic ring is 1. The normalized spacial score (nSPS) is 21.3. The van der Waals surface area contributed by atoms with E-state index >= 15 is 0 Å². The molecule has 23 heavy (non-hydrogen) atoms. The second-order valence-electron chi connectivity index (χ2n) is 6.36. The van der Waals surface area contributed by atoms with Crippen LogP contribution in [0, 0.1) is 0 Å². The standard InChI is InChI=1S/C17H24ClN3O2/c18-15-11-12(1-2-16(15)19)17(22)20-13-3-7-21(8-4-13)14-5-9-23-10-6-14/h1-2,11,13-14H,3-10,19H2,(H,20,22). The molecule has 2 fully saturated rings. The van der Waals surface area contributed by atoms with Crippen molar-refractivity contribution in [3.63, 3.8) is 0 Å². The van der Waals surface area contributed by atoms with Gasteiger partial charge in [0.15, 0.2) is 0 Å². The van der Waals surface area contributed by atoms with Crippen LogP contribution in [0.25, 0.3) is 0 Å². The largest absolute Gasteiger partial charge is 0.398 e. The Balaban J connectivity index is 1.49. The number of hydrogen-bond donors (Lipinski definition) is 2. The molecular formula is C17H24ClN3O2. The molecule has 2 aliphatic heterocycles. The summed E-state index contributed by atoms with van der Waals surface area (Å²) in [6.07, 6.45) is 4.24. The van der Waals surface area contributed by atoms with Gasteiger partial charge in [0.25, 0.3) is 5.91 Å². The number of likely N-dealkylation sites (tertiary alicyclic amines) is 1. The molecule has 2 aliphatic rings. The van der Waals surface area contributed by atoms with Gasteiger partial charge in [0, 0.05) is 44.0 Å². The zero-order valence-corrected chi connectivity index (χ0v) is 14.0. The van der Waals surface area contributed by atoms with Crippen LogP contribution in [0.5, 0.6) is 0 Å². The zero-order chi connectivity index (χ0) is 16.2. The number of anilines is 1. The van der Waals surface area contributed by atoms with E-state index in [2.05, 4.69) is 10.2 Å². The molecule has 0 saturated carbocycles. The smallest absolute Gasteiger partial charge is 0.251 e. The summed E-state index contributed by atoms with van der Waals surface area (Å²) in [5.41, 5.74) is 6.74. The van der Waals surface area contributed by atoms with Crippen LogP contribution < -0.4 is 11.1 Å². The summed E-state index contributed by atoms with van der Waals surface area (Å²) in [5.74, 6) is -0.0728. The van der Waals surface area contributed by atoms with E-state index in [1.165, 1.54) is 0 Å². The van der Waals surface area contributed by atoms with Crippen LogP contribution in [0.3, 0.4) is 0 Å². The summed E-state index contributed by atoms with van der Waals surface area (Å²) in [7, 11) is 0. The average molecular weight is 338 g/mol. The van der Waals surface area contributed by atoms with E-state index in [4.69, 9.17) is 22.1 Å². The fraction of sp³-hybridized carbons (Fsp3) is 0.588. The highest BCUT2D eigenvalue weighted by Crippen LogP contribution is 2.22. The number of ether oxygens (including phenoxy) is 1. The monoisotopic (exact) mass is 337 g/mol. The molecule has 6 heteroatoms. The molecule has 3 rings (SSSR count). The molecule has 0 radical (unpaired) electrons. The van der Waals surface area contributed by atoms with E-state index in [0.29, 0.717) is 22.3 Å². The Morgan fingerprint density at radius 1 is 1.22 bits per heavy atom. The third-order valence-electron chi connectivity index (χ3n) is 4.83. The fourth-order valence-corrected chi connectivity index (χ4v) is 3.58. The number of carbonyl (C=O) groups excluding carboxylic acids is 1. The lowest BCUT2D eigenvalue weighted by atomic mass is 9.99. The number of nitrogens with zero attached hydrogens (tertiary/aromatic N) is 1. The molecule has 0 atom stereocenters. The van der Waals surface area contributed by atoms with Gasteiger partial charge in [0.1, 0.15) is 0 Å². The lowest BCUT2D eigenvalue weighted by molar-refractivity contribution is 0.0238. The highest BCUT2D eigenvalue weighted by Gasteiger charge is 2.27. The van der Waals surface area contributed by atoms with Crippen molar-refractivity contribution in [1.29, 1.82) is 0 Å². The Labute approximate surface area is 142 Å². The lowest BCUT2D eigenvalue weighted by Gasteiger charge is -2.39. The predicted octanol–water partition coefficient (Wildman–Crippen LogP) is 2.30. The topological polar surface area (TPSA) is 67.6 Å². The number of benzene rings is 1. The molecule has 0 aliphatic carbocycles. The Kier molecular flexibility index (Phi) is 5.41. The van der Waals surface area contributed by atoms with Crippen LogP contribution in [0.4, 0.5) is 5.69 Å². The third-order valence-corrected chi connectivity index (χ3v) is 5.16. The summed E-state index contributed by atoms with van der Waals surface area (Å²) < 4.78 is 5.43. The van der Waals surface area contributed by atoms with Gasteiger partial charge in [-0.2, -0.15) is 0 Å². The molecule has 2 heterocycles. The summed E-state index contributed by atoms with van der Waals surface area (Å²) in [5, 5.41) is 3.54. The van der Waals surface area contributed by atoms with Crippen molar-refractivity contribution in [1.82, 2.24) is 10.2 Å². The van der Waals surface area contributed by atoms with Crippen molar-refractivity contribution in [3.05, 3.63) is 28.8 Å². The van der Waals surface area contributed by atoms with Gasteiger partial charge in [0.2, 0.25) is 0 Å². The van der Waals surface area contributed by atoms with Crippen molar-refractivity contribution in [2.45, 2.75) is 37.8 Å². The van der Waals surface area contributed by atoms with E-state index in [1.54, 1.807) is 18.2 Å². The van der Waals surface area contributed by atoms with Crippen molar-refractivity contribution in [2.24, 2.45) is 0 Å². The maximum Gasteiger partial charge on any atom is 0.251 e. The van der Waals surface area contributed by atoms with Crippen molar-refractivity contribution in [3.8, 4) is 0 Å². The van der Waals surface area contributed by atoms with Crippen LogP contribution in [-0.4, -0.2) is 49.2 Å². The first kappa shape index (κ1) is 16.6.